The molecule has 0 bridgehead atoms. The minimum atomic E-state index is -4.53. The van der Waals surface area contributed by atoms with Gasteiger partial charge in [-0.2, -0.15) is 13.2 Å². The van der Waals surface area contributed by atoms with E-state index in [9.17, 15) is 18.0 Å². The lowest BCUT2D eigenvalue weighted by atomic mass is 9.91. The zero-order valence-corrected chi connectivity index (χ0v) is 25.0. The van der Waals surface area contributed by atoms with Crippen LogP contribution in [0.5, 0.6) is 11.5 Å². The molecule has 4 heterocycles. The van der Waals surface area contributed by atoms with Gasteiger partial charge >= 0.3 is 12.2 Å². The van der Waals surface area contributed by atoms with E-state index in [1.165, 1.54) is 6.07 Å². The maximum absolute atomic E-state index is 14.2. The third-order valence-electron chi connectivity index (χ3n) is 8.74. The Morgan fingerprint density at radius 2 is 1.82 bits per heavy atom. The number of pyridine rings is 1. The van der Waals surface area contributed by atoms with Crippen LogP contribution in [0, 0.1) is 0 Å². The number of hydrogen-bond acceptors (Lipinski definition) is 5. The second-order valence-corrected chi connectivity index (χ2v) is 11.4. The standard InChI is InChI=1S/C33H37F3N6O2/c1-3-29-27-20-25(44-30-10-13-38-31-26(30)9-12-37-31)8-6-22(27)11-14-42(29)32(43)39-24-7-5-23(28(19-24)33(34,35)36)21-41-17-15-40(4-2)16-18-41/h5-10,12-13,19-20,29H,3-4,11,14-18,21H2,1-2H3,(H,37,38)(H,39,43). The fraction of sp³-hybridized carbons (Fsp3) is 0.394. The molecule has 6 rings (SSSR count). The van der Waals surface area contributed by atoms with Crippen LogP contribution in [-0.4, -0.2) is 70.0 Å². The van der Waals surface area contributed by atoms with Crippen LogP contribution in [0.3, 0.4) is 0 Å². The van der Waals surface area contributed by atoms with Crippen molar-refractivity contribution in [3.8, 4) is 11.5 Å². The Labute approximate surface area is 254 Å². The lowest BCUT2D eigenvalue weighted by Gasteiger charge is -2.37. The highest BCUT2D eigenvalue weighted by Gasteiger charge is 2.35. The molecule has 2 aromatic heterocycles. The van der Waals surface area contributed by atoms with E-state index in [0.29, 0.717) is 30.9 Å². The van der Waals surface area contributed by atoms with E-state index in [2.05, 4.69) is 32.0 Å². The van der Waals surface area contributed by atoms with Crippen molar-refractivity contribution < 1.29 is 22.7 Å². The molecule has 8 nitrogen and oxygen atoms in total. The third-order valence-corrected chi connectivity index (χ3v) is 8.74. The second kappa shape index (κ2) is 12.5. The smallest absolute Gasteiger partial charge is 0.416 e. The van der Waals surface area contributed by atoms with Gasteiger partial charge in [-0.05, 0) is 72.5 Å². The molecule has 0 spiro atoms. The number of halogens is 3. The van der Waals surface area contributed by atoms with Gasteiger partial charge in [0.2, 0.25) is 0 Å². The van der Waals surface area contributed by atoms with E-state index in [4.69, 9.17) is 4.74 Å². The summed E-state index contributed by atoms with van der Waals surface area (Å²) >= 11 is 0. The molecule has 2 N–H and O–H groups in total. The van der Waals surface area contributed by atoms with Gasteiger partial charge in [-0.25, -0.2) is 9.78 Å². The Hall–Kier alpha value is -4.09. The van der Waals surface area contributed by atoms with Crippen LogP contribution in [0.2, 0.25) is 0 Å². The van der Waals surface area contributed by atoms with E-state index in [1.807, 2.05) is 31.2 Å². The van der Waals surface area contributed by atoms with E-state index >= 15 is 0 Å². The van der Waals surface area contributed by atoms with Gasteiger partial charge in [0.05, 0.1) is 17.0 Å². The molecule has 232 valence electrons. The number of rotatable bonds is 7. The number of H-pyrrole nitrogens is 1. The summed E-state index contributed by atoms with van der Waals surface area (Å²) in [6.45, 7) is 8.85. The summed E-state index contributed by atoms with van der Waals surface area (Å²) < 4.78 is 48.7. The predicted octanol–water partition coefficient (Wildman–Crippen LogP) is 7.05. The average molecular weight is 607 g/mol. The number of benzene rings is 2. The van der Waals surface area contributed by atoms with Crippen molar-refractivity contribution in [2.24, 2.45) is 0 Å². The molecule has 2 aromatic carbocycles. The van der Waals surface area contributed by atoms with Gasteiger partial charge in [-0.3, -0.25) is 4.90 Å². The van der Waals surface area contributed by atoms with Gasteiger partial charge in [-0.1, -0.05) is 26.0 Å². The summed E-state index contributed by atoms with van der Waals surface area (Å²) in [5, 5.41) is 3.62. The molecule has 1 saturated heterocycles. The molecule has 0 saturated carbocycles. The number of likely N-dealkylation sites (N-methyl/N-ethyl adjacent to an activating group) is 1. The monoisotopic (exact) mass is 606 g/mol. The number of aromatic nitrogens is 2. The number of alkyl halides is 3. The number of piperazine rings is 1. The first-order valence-electron chi connectivity index (χ1n) is 15.2. The maximum atomic E-state index is 14.2. The van der Waals surface area contributed by atoms with Gasteiger partial charge < -0.3 is 24.8 Å². The Morgan fingerprint density at radius 1 is 1.02 bits per heavy atom. The van der Waals surface area contributed by atoms with E-state index in [0.717, 1.165) is 61.0 Å². The Kier molecular flexibility index (Phi) is 8.50. The Bertz CT molecular complexity index is 1630. The average Bonchev–Trinajstić information content (AvgIpc) is 3.51. The second-order valence-electron chi connectivity index (χ2n) is 11.4. The van der Waals surface area contributed by atoms with Crippen LogP contribution in [0.15, 0.2) is 60.9 Å². The number of aromatic amines is 1. The molecule has 1 unspecified atom stereocenters. The molecule has 2 aliphatic rings. The molecule has 2 aliphatic heterocycles. The molecule has 2 amide bonds. The van der Waals surface area contributed by atoms with Crippen molar-refractivity contribution in [2.75, 3.05) is 44.6 Å². The van der Waals surface area contributed by atoms with Crippen molar-refractivity contribution in [1.29, 1.82) is 0 Å². The lowest BCUT2D eigenvalue weighted by Crippen LogP contribution is -2.45. The largest absolute Gasteiger partial charge is 0.457 e. The van der Waals surface area contributed by atoms with Crippen LogP contribution in [0.25, 0.3) is 11.0 Å². The maximum Gasteiger partial charge on any atom is 0.416 e. The van der Waals surface area contributed by atoms with E-state index < -0.39 is 17.8 Å². The molecular weight excluding hydrogens is 569 g/mol. The predicted molar refractivity (Wildman–Crippen MR) is 164 cm³/mol. The summed E-state index contributed by atoms with van der Waals surface area (Å²) in [5.41, 5.74) is 2.47. The third kappa shape index (κ3) is 6.25. The highest BCUT2D eigenvalue weighted by Crippen LogP contribution is 2.38. The summed E-state index contributed by atoms with van der Waals surface area (Å²) in [5.74, 6) is 1.31. The number of nitrogens with zero attached hydrogens (tertiary/aromatic N) is 4. The topological polar surface area (TPSA) is 76.7 Å². The van der Waals surface area contributed by atoms with Gasteiger partial charge in [0.1, 0.15) is 17.1 Å². The molecule has 0 aliphatic carbocycles. The highest BCUT2D eigenvalue weighted by molar-refractivity contribution is 5.90. The van der Waals surface area contributed by atoms with Gasteiger partial charge in [0, 0.05) is 57.3 Å². The Balaban J connectivity index is 1.18. The van der Waals surface area contributed by atoms with Crippen LogP contribution in [0.1, 0.15) is 48.6 Å². The molecular formula is C33H37F3N6O2. The normalized spacial score (nSPS) is 17.9. The molecule has 11 heteroatoms. The van der Waals surface area contributed by atoms with Crippen molar-refractivity contribution in [3.63, 3.8) is 0 Å². The van der Waals surface area contributed by atoms with Crippen LogP contribution in [-0.2, 0) is 19.1 Å². The highest BCUT2D eigenvalue weighted by atomic mass is 19.4. The summed E-state index contributed by atoms with van der Waals surface area (Å²) in [4.78, 5) is 27.0. The van der Waals surface area contributed by atoms with Crippen molar-refractivity contribution in [1.82, 2.24) is 24.7 Å². The number of ether oxygens (including phenoxy) is 1. The molecule has 1 atom stereocenters. The van der Waals surface area contributed by atoms with Gasteiger partial charge in [0.15, 0.2) is 0 Å². The van der Waals surface area contributed by atoms with Crippen molar-refractivity contribution in [3.05, 3.63) is 83.2 Å². The zero-order valence-electron chi connectivity index (χ0n) is 25.0. The van der Waals surface area contributed by atoms with Crippen molar-refractivity contribution in [2.45, 2.75) is 45.5 Å². The van der Waals surface area contributed by atoms with E-state index in [-0.39, 0.29) is 23.8 Å². The number of hydrogen-bond donors (Lipinski definition) is 2. The van der Waals surface area contributed by atoms with Crippen LogP contribution in [0.4, 0.5) is 23.7 Å². The van der Waals surface area contributed by atoms with E-state index in [1.54, 1.807) is 29.4 Å². The number of amides is 2. The van der Waals surface area contributed by atoms with Crippen LogP contribution >= 0.6 is 0 Å². The summed E-state index contributed by atoms with van der Waals surface area (Å²) in [6.07, 6.45) is 0.223. The SMILES string of the molecule is CCC1c2cc(Oc3ccnc4[nH]ccc34)ccc2CCN1C(=O)Nc1ccc(CN2CCN(CC)CC2)c(C(F)(F)F)c1. The van der Waals surface area contributed by atoms with Crippen molar-refractivity contribution >= 4 is 22.8 Å². The zero-order chi connectivity index (χ0) is 30.8. The molecule has 4 aromatic rings. The van der Waals surface area contributed by atoms with Crippen LogP contribution < -0.4 is 10.1 Å². The minimum absolute atomic E-state index is 0.132. The van der Waals surface area contributed by atoms with Gasteiger partial charge in [0.25, 0.3) is 0 Å². The first-order valence-corrected chi connectivity index (χ1v) is 15.2. The number of fused-ring (bicyclic) bond motifs is 2. The summed E-state index contributed by atoms with van der Waals surface area (Å²) in [7, 11) is 0. The molecule has 0 radical (unpaired) electrons. The first kappa shape index (κ1) is 30.0. The molecule has 1 fully saturated rings. The lowest BCUT2D eigenvalue weighted by molar-refractivity contribution is -0.138. The molecule has 44 heavy (non-hydrogen) atoms. The first-order chi connectivity index (χ1) is 21.2. The quantitative estimate of drug-likeness (QED) is 0.236. The van der Waals surface area contributed by atoms with Gasteiger partial charge in [-0.15, -0.1) is 0 Å². The summed E-state index contributed by atoms with van der Waals surface area (Å²) in [6, 6.07) is 13.1. The number of anilines is 1. The number of nitrogens with one attached hydrogen (secondary N) is 2. The minimum Gasteiger partial charge on any atom is -0.457 e. The fourth-order valence-corrected chi connectivity index (χ4v) is 6.33. The number of carbonyl (C=O) groups excluding carboxylic acids is 1. The Morgan fingerprint density at radius 3 is 2.57 bits per heavy atom. The fourth-order valence-electron chi connectivity index (χ4n) is 6.33. The number of urea groups is 1. The number of carbonyl (C=O) groups is 1.